The van der Waals surface area contributed by atoms with Gasteiger partial charge in [0.15, 0.2) is 0 Å². The number of urea groups is 1. The van der Waals surface area contributed by atoms with E-state index in [1.165, 1.54) is 5.56 Å². The van der Waals surface area contributed by atoms with Gasteiger partial charge in [-0.3, -0.25) is 0 Å². The molecule has 0 fully saturated rings. The second kappa shape index (κ2) is 7.82. The molecule has 2 N–H and O–H groups in total. The molecule has 0 heterocycles. The Hall–Kier alpha value is -2.04. The average Bonchev–Trinajstić information content (AvgIpc) is 2.45. The van der Waals surface area contributed by atoms with E-state index in [1.807, 2.05) is 26.2 Å². The Kier molecular flexibility index (Phi) is 5.81. The zero-order chi connectivity index (χ0) is 15.9. The highest BCUT2D eigenvalue weighted by molar-refractivity contribution is 6.30. The standard InChI is InChI=1S/C17H20ClN3O/c1-21(2)12-14-6-3-5-13(9-14)11-19-17(22)20-16-8-4-7-15(18)10-16/h3-10H,11-12H2,1-2H3,(H2,19,20,22). The van der Waals surface area contributed by atoms with Crippen molar-refractivity contribution >= 4 is 23.3 Å². The Morgan fingerprint density at radius 1 is 1.09 bits per heavy atom. The Bertz CT molecular complexity index is 643. The highest BCUT2D eigenvalue weighted by Gasteiger charge is 2.03. The maximum absolute atomic E-state index is 11.9. The summed E-state index contributed by atoms with van der Waals surface area (Å²) < 4.78 is 0. The molecule has 0 saturated heterocycles. The molecule has 0 bridgehead atoms. The van der Waals surface area contributed by atoms with Crippen molar-refractivity contribution in [2.45, 2.75) is 13.1 Å². The molecule has 22 heavy (non-hydrogen) atoms. The fourth-order valence-corrected chi connectivity index (χ4v) is 2.32. The summed E-state index contributed by atoms with van der Waals surface area (Å²) in [5.41, 5.74) is 2.96. The topological polar surface area (TPSA) is 44.4 Å². The first kappa shape index (κ1) is 16.3. The van der Waals surface area contributed by atoms with Gasteiger partial charge in [0.2, 0.25) is 0 Å². The largest absolute Gasteiger partial charge is 0.334 e. The van der Waals surface area contributed by atoms with Crippen molar-refractivity contribution in [1.29, 1.82) is 0 Å². The molecule has 0 unspecified atom stereocenters. The second-order valence-electron chi connectivity index (χ2n) is 5.38. The van der Waals surface area contributed by atoms with Crippen LogP contribution in [0.3, 0.4) is 0 Å². The summed E-state index contributed by atoms with van der Waals surface area (Å²) in [6.07, 6.45) is 0. The van der Waals surface area contributed by atoms with Crippen molar-refractivity contribution in [2.75, 3.05) is 19.4 Å². The van der Waals surface area contributed by atoms with E-state index in [1.54, 1.807) is 24.3 Å². The number of nitrogens with zero attached hydrogens (tertiary/aromatic N) is 1. The van der Waals surface area contributed by atoms with Crippen LogP contribution in [0.2, 0.25) is 5.02 Å². The number of carbonyl (C=O) groups is 1. The molecule has 2 aromatic carbocycles. The number of anilines is 1. The molecule has 0 aromatic heterocycles. The summed E-state index contributed by atoms with van der Waals surface area (Å²) in [6, 6.07) is 15.0. The number of carbonyl (C=O) groups excluding carboxylic acids is 1. The third kappa shape index (κ3) is 5.39. The summed E-state index contributed by atoms with van der Waals surface area (Å²) in [4.78, 5) is 14.0. The van der Waals surface area contributed by atoms with E-state index in [4.69, 9.17) is 11.6 Å². The zero-order valence-electron chi connectivity index (χ0n) is 12.8. The first-order chi connectivity index (χ1) is 10.5. The summed E-state index contributed by atoms with van der Waals surface area (Å²) >= 11 is 5.88. The molecule has 0 atom stereocenters. The Balaban J connectivity index is 1.88. The summed E-state index contributed by atoms with van der Waals surface area (Å²) in [7, 11) is 4.06. The van der Waals surface area contributed by atoms with Crippen LogP contribution in [0.15, 0.2) is 48.5 Å². The fraction of sp³-hybridized carbons (Fsp3) is 0.235. The number of hydrogen-bond donors (Lipinski definition) is 2. The SMILES string of the molecule is CN(C)Cc1cccc(CNC(=O)Nc2cccc(Cl)c2)c1. The van der Waals surface area contributed by atoms with Gasteiger partial charge in [-0.05, 0) is 43.4 Å². The first-order valence-electron chi connectivity index (χ1n) is 7.06. The lowest BCUT2D eigenvalue weighted by molar-refractivity contribution is 0.251. The molecule has 2 rings (SSSR count). The lowest BCUT2D eigenvalue weighted by Crippen LogP contribution is -2.28. The molecule has 0 aliphatic heterocycles. The lowest BCUT2D eigenvalue weighted by Gasteiger charge is -2.12. The number of benzene rings is 2. The van der Waals surface area contributed by atoms with Crippen molar-refractivity contribution in [3.63, 3.8) is 0 Å². The van der Waals surface area contributed by atoms with Gasteiger partial charge in [-0.25, -0.2) is 4.79 Å². The second-order valence-corrected chi connectivity index (χ2v) is 5.81. The monoisotopic (exact) mass is 317 g/mol. The van der Waals surface area contributed by atoms with Crippen molar-refractivity contribution in [1.82, 2.24) is 10.2 Å². The summed E-state index contributed by atoms with van der Waals surface area (Å²) in [5.74, 6) is 0. The van der Waals surface area contributed by atoms with Crippen LogP contribution in [0.5, 0.6) is 0 Å². The highest BCUT2D eigenvalue weighted by atomic mass is 35.5. The van der Waals surface area contributed by atoms with Crippen LogP contribution >= 0.6 is 11.6 Å². The third-order valence-electron chi connectivity index (χ3n) is 3.03. The maximum atomic E-state index is 11.9. The van der Waals surface area contributed by atoms with Gasteiger partial charge in [0.1, 0.15) is 0 Å². The van der Waals surface area contributed by atoms with E-state index in [-0.39, 0.29) is 6.03 Å². The van der Waals surface area contributed by atoms with Crippen LogP contribution < -0.4 is 10.6 Å². The maximum Gasteiger partial charge on any atom is 0.319 e. The zero-order valence-corrected chi connectivity index (χ0v) is 13.5. The van der Waals surface area contributed by atoms with Gasteiger partial charge >= 0.3 is 6.03 Å². The molecule has 5 heteroatoms. The predicted octanol–water partition coefficient (Wildman–Crippen LogP) is 3.72. The molecule has 0 saturated carbocycles. The molecule has 2 amide bonds. The van der Waals surface area contributed by atoms with Crippen LogP contribution in [0, 0.1) is 0 Å². The van der Waals surface area contributed by atoms with Crippen molar-refractivity contribution in [2.24, 2.45) is 0 Å². The molecule has 0 aliphatic rings. The Morgan fingerprint density at radius 2 is 1.82 bits per heavy atom. The van der Waals surface area contributed by atoms with Crippen molar-refractivity contribution in [3.05, 3.63) is 64.7 Å². The van der Waals surface area contributed by atoms with E-state index < -0.39 is 0 Å². The van der Waals surface area contributed by atoms with E-state index in [9.17, 15) is 4.79 Å². The molecule has 0 spiro atoms. The molecule has 116 valence electrons. The van der Waals surface area contributed by atoms with Crippen LogP contribution in [0.4, 0.5) is 10.5 Å². The van der Waals surface area contributed by atoms with Gasteiger partial charge < -0.3 is 15.5 Å². The quantitative estimate of drug-likeness (QED) is 0.882. The van der Waals surface area contributed by atoms with Crippen LogP contribution in [-0.4, -0.2) is 25.0 Å². The molecular formula is C17H20ClN3O. The summed E-state index contributed by atoms with van der Waals surface area (Å²) in [6.45, 7) is 1.36. The van der Waals surface area contributed by atoms with Gasteiger partial charge in [-0.1, -0.05) is 41.9 Å². The van der Waals surface area contributed by atoms with Crippen LogP contribution in [0.25, 0.3) is 0 Å². The van der Waals surface area contributed by atoms with Gasteiger partial charge in [0.05, 0.1) is 0 Å². The number of rotatable bonds is 5. The molecular weight excluding hydrogens is 298 g/mol. The number of amides is 2. The number of hydrogen-bond acceptors (Lipinski definition) is 2. The Morgan fingerprint density at radius 3 is 2.55 bits per heavy atom. The van der Waals surface area contributed by atoms with Gasteiger partial charge in [-0.15, -0.1) is 0 Å². The molecule has 2 aromatic rings. The lowest BCUT2D eigenvalue weighted by atomic mass is 10.1. The van der Waals surface area contributed by atoms with Gasteiger partial charge in [-0.2, -0.15) is 0 Å². The minimum Gasteiger partial charge on any atom is -0.334 e. The molecule has 0 aliphatic carbocycles. The van der Waals surface area contributed by atoms with E-state index in [2.05, 4.69) is 27.7 Å². The van der Waals surface area contributed by atoms with Gasteiger partial charge in [0, 0.05) is 23.8 Å². The van der Waals surface area contributed by atoms with Gasteiger partial charge in [0.25, 0.3) is 0 Å². The normalized spacial score (nSPS) is 10.5. The minimum absolute atomic E-state index is 0.250. The van der Waals surface area contributed by atoms with Crippen molar-refractivity contribution in [3.8, 4) is 0 Å². The van der Waals surface area contributed by atoms with E-state index in [0.29, 0.717) is 17.3 Å². The molecule has 0 radical (unpaired) electrons. The van der Waals surface area contributed by atoms with E-state index >= 15 is 0 Å². The Labute approximate surface area is 136 Å². The first-order valence-corrected chi connectivity index (χ1v) is 7.44. The smallest absolute Gasteiger partial charge is 0.319 e. The van der Waals surface area contributed by atoms with Crippen LogP contribution in [0.1, 0.15) is 11.1 Å². The minimum atomic E-state index is -0.250. The average molecular weight is 318 g/mol. The van der Waals surface area contributed by atoms with E-state index in [0.717, 1.165) is 12.1 Å². The summed E-state index contributed by atoms with van der Waals surface area (Å²) in [5, 5.41) is 6.19. The number of nitrogens with one attached hydrogen (secondary N) is 2. The third-order valence-corrected chi connectivity index (χ3v) is 3.26. The number of halogens is 1. The highest BCUT2D eigenvalue weighted by Crippen LogP contribution is 2.14. The van der Waals surface area contributed by atoms with Crippen molar-refractivity contribution < 1.29 is 4.79 Å². The molecule has 4 nitrogen and oxygen atoms in total. The fourth-order valence-electron chi connectivity index (χ4n) is 2.13. The predicted molar refractivity (Wildman–Crippen MR) is 91.1 cm³/mol. The van der Waals surface area contributed by atoms with Crippen LogP contribution in [-0.2, 0) is 13.1 Å².